The van der Waals surface area contributed by atoms with Crippen LogP contribution in [0.25, 0.3) is 0 Å². The Hall–Kier alpha value is -0.300. The maximum atomic E-state index is 6.75. The molecule has 1 heteroatoms. The topological polar surface area (TPSA) is 9.23 Å². The first-order valence-electron chi connectivity index (χ1n) is 8.29. The van der Waals surface area contributed by atoms with E-state index < -0.39 is 0 Å². The summed E-state index contributed by atoms with van der Waals surface area (Å²) in [7, 11) is 0. The zero-order valence-corrected chi connectivity index (χ0v) is 11.5. The highest BCUT2D eigenvalue weighted by Crippen LogP contribution is 2.53. The van der Waals surface area contributed by atoms with E-state index in [0.717, 1.165) is 5.92 Å². The Balaban J connectivity index is 1.76. The van der Waals surface area contributed by atoms with Crippen molar-refractivity contribution in [3.8, 4) is 0 Å². The van der Waals surface area contributed by atoms with E-state index in [1.54, 1.807) is 5.57 Å². The molecule has 0 bridgehead atoms. The third kappa shape index (κ3) is 1.62. The van der Waals surface area contributed by atoms with Gasteiger partial charge in [0, 0.05) is 5.92 Å². The first-order chi connectivity index (χ1) is 8.89. The minimum Gasteiger partial charge on any atom is -0.367 e. The molecule has 0 radical (unpaired) electrons. The maximum absolute atomic E-state index is 6.75. The lowest BCUT2D eigenvalue weighted by molar-refractivity contribution is -0.115. The molecule has 0 aromatic carbocycles. The van der Waals surface area contributed by atoms with Gasteiger partial charge in [-0.15, -0.1) is 0 Å². The molecule has 0 N–H and O–H groups in total. The van der Waals surface area contributed by atoms with Crippen LogP contribution in [0.4, 0.5) is 0 Å². The molecule has 3 aliphatic carbocycles. The summed E-state index contributed by atoms with van der Waals surface area (Å²) in [5.74, 6) is 0.820. The fourth-order valence-corrected chi connectivity index (χ4v) is 5.22. The van der Waals surface area contributed by atoms with Crippen molar-refractivity contribution in [1.82, 2.24) is 0 Å². The van der Waals surface area contributed by atoms with Gasteiger partial charge in [-0.05, 0) is 56.9 Å². The molecule has 2 atom stereocenters. The van der Waals surface area contributed by atoms with Crippen molar-refractivity contribution >= 4 is 0 Å². The zero-order chi connectivity index (χ0) is 12.0. The van der Waals surface area contributed by atoms with Crippen LogP contribution in [0.1, 0.15) is 77.0 Å². The Bertz CT molecular complexity index is 362. The van der Waals surface area contributed by atoms with E-state index >= 15 is 0 Å². The van der Waals surface area contributed by atoms with E-state index in [4.69, 9.17) is 4.74 Å². The Morgan fingerprint density at radius 1 is 0.833 bits per heavy atom. The molecular formula is C17H26O. The molecule has 0 amide bonds. The van der Waals surface area contributed by atoms with Crippen LogP contribution in [0.2, 0.25) is 0 Å². The maximum Gasteiger partial charge on any atom is 0.0898 e. The van der Waals surface area contributed by atoms with E-state index in [1.165, 1.54) is 77.0 Å². The van der Waals surface area contributed by atoms with E-state index in [-0.39, 0.29) is 5.60 Å². The first-order valence-corrected chi connectivity index (χ1v) is 8.29. The molecule has 2 fully saturated rings. The van der Waals surface area contributed by atoms with Crippen molar-refractivity contribution in [2.45, 2.75) is 88.8 Å². The van der Waals surface area contributed by atoms with Crippen LogP contribution < -0.4 is 0 Å². The molecule has 0 aromatic rings. The largest absolute Gasteiger partial charge is 0.367 e. The highest BCUT2D eigenvalue weighted by Gasteiger charge is 2.48. The van der Waals surface area contributed by atoms with E-state index in [1.807, 2.05) is 5.57 Å². The van der Waals surface area contributed by atoms with E-state index in [9.17, 15) is 0 Å². The fourth-order valence-electron chi connectivity index (χ4n) is 5.22. The van der Waals surface area contributed by atoms with Gasteiger partial charge in [-0.2, -0.15) is 0 Å². The van der Waals surface area contributed by atoms with Crippen LogP contribution in [0, 0.1) is 5.92 Å². The number of rotatable bonds is 0. The number of ether oxygens (including phenoxy) is 1. The predicted octanol–water partition coefficient (Wildman–Crippen LogP) is 4.76. The summed E-state index contributed by atoms with van der Waals surface area (Å²) in [5.41, 5.74) is 3.92. The molecule has 1 aliphatic heterocycles. The van der Waals surface area contributed by atoms with Crippen LogP contribution in [0.5, 0.6) is 0 Å². The Kier molecular flexibility index (Phi) is 2.80. The highest BCUT2D eigenvalue weighted by atomic mass is 16.5. The van der Waals surface area contributed by atoms with Crippen LogP contribution in [0.3, 0.4) is 0 Å². The summed E-state index contributed by atoms with van der Waals surface area (Å²) in [4.78, 5) is 0. The van der Waals surface area contributed by atoms with E-state index in [0.29, 0.717) is 6.10 Å². The number of hydrogen-bond acceptors (Lipinski definition) is 1. The van der Waals surface area contributed by atoms with Gasteiger partial charge in [-0.1, -0.05) is 31.3 Å². The highest BCUT2D eigenvalue weighted by molar-refractivity contribution is 5.33. The lowest BCUT2D eigenvalue weighted by Crippen LogP contribution is -2.47. The molecule has 4 rings (SSSR count). The van der Waals surface area contributed by atoms with Crippen molar-refractivity contribution in [2.24, 2.45) is 5.92 Å². The van der Waals surface area contributed by atoms with Gasteiger partial charge in [0.2, 0.25) is 0 Å². The van der Waals surface area contributed by atoms with Gasteiger partial charge in [0.15, 0.2) is 0 Å². The van der Waals surface area contributed by atoms with Crippen molar-refractivity contribution in [3.05, 3.63) is 11.1 Å². The average molecular weight is 246 g/mol. The third-order valence-electron chi connectivity index (χ3n) is 6.00. The molecule has 0 saturated heterocycles. The first kappa shape index (κ1) is 11.5. The third-order valence-corrected chi connectivity index (χ3v) is 6.00. The van der Waals surface area contributed by atoms with Gasteiger partial charge in [-0.3, -0.25) is 0 Å². The van der Waals surface area contributed by atoms with E-state index in [2.05, 4.69) is 0 Å². The second kappa shape index (κ2) is 4.37. The van der Waals surface area contributed by atoms with Gasteiger partial charge < -0.3 is 4.74 Å². The molecule has 2 saturated carbocycles. The predicted molar refractivity (Wildman–Crippen MR) is 73.5 cm³/mol. The molecule has 1 spiro atoms. The van der Waals surface area contributed by atoms with Crippen LogP contribution in [-0.2, 0) is 4.74 Å². The zero-order valence-electron chi connectivity index (χ0n) is 11.5. The Morgan fingerprint density at radius 3 is 2.50 bits per heavy atom. The van der Waals surface area contributed by atoms with Gasteiger partial charge in [0.25, 0.3) is 0 Å². The number of fused-ring (bicyclic) bond motifs is 3. The smallest absolute Gasteiger partial charge is 0.0898 e. The molecule has 4 aliphatic rings. The lowest BCUT2D eigenvalue weighted by Gasteiger charge is -2.49. The van der Waals surface area contributed by atoms with Crippen molar-refractivity contribution in [3.63, 3.8) is 0 Å². The van der Waals surface area contributed by atoms with Gasteiger partial charge >= 0.3 is 0 Å². The molecular weight excluding hydrogens is 220 g/mol. The summed E-state index contributed by atoms with van der Waals surface area (Å²) in [5, 5.41) is 0. The van der Waals surface area contributed by atoms with Crippen molar-refractivity contribution in [2.75, 3.05) is 0 Å². The minimum atomic E-state index is 0.230. The summed E-state index contributed by atoms with van der Waals surface area (Å²) in [6.07, 6.45) is 17.3. The number of hydrogen-bond donors (Lipinski definition) is 0. The quantitative estimate of drug-likeness (QED) is 0.560. The lowest BCUT2D eigenvalue weighted by atomic mass is 9.68. The summed E-state index contributed by atoms with van der Waals surface area (Å²) < 4.78 is 6.75. The molecule has 0 unspecified atom stereocenters. The molecule has 0 aromatic heterocycles. The van der Waals surface area contributed by atoms with Gasteiger partial charge in [-0.25, -0.2) is 0 Å². The second-order valence-corrected chi connectivity index (χ2v) is 6.96. The van der Waals surface area contributed by atoms with Crippen LogP contribution >= 0.6 is 0 Å². The standard InChI is InChI=1S/C17H26O/c1-3-9-15-13(7-1)14-8-2-4-10-16(14)18-17(15)11-5-6-12-17/h14,16H,1-12H2/t14-,16-/m0/s1. The SMILES string of the molecule is C1CCC2=C(C1)[C@@H]1CCCC[C@@H]1OC21CCCC1. The molecule has 1 nitrogen and oxygen atoms in total. The molecule has 1 heterocycles. The molecule has 18 heavy (non-hydrogen) atoms. The van der Waals surface area contributed by atoms with Gasteiger partial charge in [0.1, 0.15) is 0 Å². The van der Waals surface area contributed by atoms with Crippen LogP contribution in [-0.4, -0.2) is 11.7 Å². The Labute approximate surface area is 111 Å². The average Bonchev–Trinajstić information content (AvgIpc) is 2.89. The summed E-state index contributed by atoms with van der Waals surface area (Å²) in [6.45, 7) is 0. The summed E-state index contributed by atoms with van der Waals surface area (Å²) in [6, 6.07) is 0. The monoisotopic (exact) mass is 246 g/mol. The summed E-state index contributed by atoms with van der Waals surface area (Å²) >= 11 is 0. The second-order valence-electron chi connectivity index (χ2n) is 6.96. The van der Waals surface area contributed by atoms with Gasteiger partial charge in [0.05, 0.1) is 11.7 Å². The molecule has 100 valence electrons. The normalized spacial score (nSPS) is 38.7. The van der Waals surface area contributed by atoms with Crippen LogP contribution in [0.15, 0.2) is 11.1 Å². The van der Waals surface area contributed by atoms with Crippen molar-refractivity contribution in [1.29, 1.82) is 0 Å². The Morgan fingerprint density at radius 2 is 1.61 bits per heavy atom. The van der Waals surface area contributed by atoms with Crippen molar-refractivity contribution < 1.29 is 4.74 Å². The minimum absolute atomic E-state index is 0.230. The fraction of sp³-hybridized carbons (Fsp3) is 0.882.